The van der Waals surface area contributed by atoms with Crippen molar-refractivity contribution in [2.24, 2.45) is 0 Å². The summed E-state index contributed by atoms with van der Waals surface area (Å²) in [6.07, 6.45) is 2.43. The van der Waals surface area contributed by atoms with Crippen LogP contribution in [0.15, 0.2) is 103 Å². The van der Waals surface area contributed by atoms with Crippen molar-refractivity contribution in [2.45, 2.75) is 44.4 Å². The zero-order valence-electron chi connectivity index (χ0n) is 22.6. The van der Waals surface area contributed by atoms with E-state index in [4.69, 9.17) is 4.74 Å². The van der Waals surface area contributed by atoms with Gasteiger partial charge in [0.1, 0.15) is 11.9 Å². The molecule has 0 radical (unpaired) electrons. The van der Waals surface area contributed by atoms with E-state index >= 15 is 0 Å². The fourth-order valence-electron chi connectivity index (χ4n) is 5.29. The largest absolute Gasteiger partial charge is 0.442 e. The minimum atomic E-state index is -0.644. The van der Waals surface area contributed by atoms with Crippen molar-refractivity contribution >= 4 is 12.2 Å². The van der Waals surface area contributed by atoms with E-state index in [9.17, 15) is 9.90 Å². The summed E-state index contributed by atoms with van der Waals surface area (Å²) in [5.74, 6) is 0.349. The van der Waals surface area contributed by atoms with Crippen LogP contribution in [-0.2, 0) is 10.3 Å². The Morgan fingerprint density at radius 3 is 1.90 bits per heavy atom. The monoisotopic (exact) mass is 522 g/mol. The first-order chi connectivity index (χ1) is 18.8. The van der Waals surface area contributed by atoms with Crippen LogP contribution in [0.3, 0.4) is 0 Å². The molecule has 7 nitrogen and oxygen atoms in total. The van der Waals surface area contributed by atoms with Gasteiger partial charge in [-0.3, -0.25) is 4.90 Å². The third kappa shape index (κ3) is 5.55. The molecule has 4 aromatic rings. The number of carbonyl (C=O) groups is 1. The van der Waals surface area contributed by atoms with Crippen LogP contribution in [-0.4, -0.2) is 55.7 Å². The lowest BCUT2D eigenvalue weighted by atomic mass is 9.74. The van der Waals surface area contributed by atoms with Gasteiger partial charge in [0.05, 0.1) is 11.6 Å². The third-order valence-electron chi connectivity index (χ3n) is 6.93. The van der Waals surface area contributed by atoms with E-state index in [1.807, 2.05) is 18.2 Å². The van der Waals surface area contributed by atoms with Crippen molar-refractivity contribution in [2.75, 3.05) is 13.1 Å². The smallest absolute Gasteiger partial charge is 0.436 e. The standard InChI is InChI=1S/C32H34N4O3/c1-31(2,3)39-30(38)36-23-33-29(34-36)21-24-22-35(20-19-28(24)37)32(25-13-7-4-8-14-25,26-15-9-5-10-16-26)27-17-11-6-12-18-27/h4-18,21,23,28,37H,19-20,22H2,1-3H3/b24-21-. The second-order valence-electron chi connectivity index (χ2n) is 10.8. The molecule has 0 amide bonds. The summed E-state index contributed by atoms with van der Waals surface area (Å²) in [6, 6.07) is 31.5. The van der Waals surface area contributed by atoms with Crippen LogP contribution in [0, 0.1) is 0 Å². The number of hydrogen-bond acceptors (Lipinski definition) is 6. The molecule has 1 aliphatic rings. The Hall–Kier alpha value is -4.07. The van der Waals surface area contributed by atoms with Gasteiger partial charge >= 0.3 is 6.09 Å². The van der Waals surface area contributed by atoms with E-state index in [0.29, 0.717) is 25.3 Å². The van der Waals surface area contributed by atoms with Crippen LogP contribution < -0.4 is 0 Å². The van der Waals surface area contributed by atoms with Gasteiger partial charge in [-0.05, 0) is 55.5 Å². The Labute approximate surface area is 229 Å². The van der Waals surface area contributed by atoms with Crippen molar-refractivity contribution in [3.63, 3.8) is 0 Å². The lowest BCUT2D eigenvalue weighted by Crippen LogP contribution is -2.52. The van der Waals surface area contributed by atoms with Crippen LogP contribution in [0.5, 0.6) is 0 Å². The van der Waals surface area contributed by atoms with Crippen molar-refractivity contribution < 1.29 is 14.6 Å². The summed E-state index contributed by atoms with van der Waals surface area (Å²) in [4.78, 5) is 19.2. The molecule has 200 valence electrons. The minimum absolute atomic E-state index is 0.349. The molecule has 1 fully saturated rings. The number of benzene rings is 3. The number of carbonyl (C=O) groups excluding carboxylic acids is 1. The Bertz CT molecular complexity index is 1330. The molecule has 0 bridgehead atoms. The summed E-state index contributed by atoms with van der Waals surface area (Å²) in [5.41, 5.74) is 2.99. The second kappa shape index (κ2) is 11.0. The van der Waals surface area contributed by atoms with Crippen LogP contribution in [0.25, 0.3) is 6.08 Å². The first-order valence-corrected chi connectivity index (χ1v) is 13.2. The molecule has 1 N–H and O–H groups in total. The number of likely N-dealkylation sites (tertiary alicyclic amines) is 1. The predicted molar refractivity (Wildman–Crippen MR) is 151 cm³/mol. The van der Waals surface area contributed by atoms with Gasteiger partial charge in [-0.25, -0.2) is 9.78 Å². The molecule has 1 unspecified atom stereocenters. The highest BCUT2D eigenvalue weighted by atomic mass is 16.6. The van der Waals surface area contributed by atoms with Gasteiger partial charge in [0.15, 0.2) is 5.82 Å². The normalized spacial score (nSPS) is 17.7. The number of rotatable bonds is 5. The van der Waals surface area contributed by atoms with Crippen LogP contribution in [0.4, 0.5) is 4.79 Å². The molecule has 2 heterocycles. The molecule has 0 aliphatic carbocycles. The number of aliphatic hydroxyl groups excluding tert-OH is 1. The van der Waals surface area contributed by atoms with E-state index in [-0.39, 0.29) is 0 Å². The summed E-state index contributed by atoms with van der Waals surface area (Å²) in [5, 5.41) is 15.4. The topological polar surface area (TPSA) is 80.5 Å². The fourth-order valence-corrected chi connectivity index (χ4v) is 5.29. The number of ether oxygens (including phenoxy) is 1. The zero-order valence-corrected chi connectivity index (χ0v) is 22.6. The third-order valence-corrected chi connectivity index (χ3v) is 6.93. The summed E-state index contributed by atoms with van der Waals surface area (Å²) >= 11 is 0. The fraction of sp³-hybridized carbons (Fsp3) is 0.281. The van der Waals surface area contributed by atoms with E-state index < -0.39 is 23.3 Å². The van der Waals surface area contributed by atoms with Gasteiger partial charge in [0.25, 0.3) is 0 Å². The van der Waals surface area contributed by atoms with Crippen molar-refractivity contribution in [3.8, 4) is 0 Å². The second-order valence-corrected chi connectivity index (χ2v) is 10.8. The highest BCUT2D eigenvalue weighted by Crippen LogP contribution is 2.44. The molecule has 0 spiro atoms. The van der Waals surface area contributed by atoms with Gasteiger partial charge in [0, 0.05) is 13.1 Å². The average molecular weight is 523 g/mol. The molecule has 1 aliphatic heterocycles. The molecule has 3 aromatic carbocycles. The molecular formula is C32H34N4O3. The van der Waals surface area contributed by atoms with E-state index in [2.05, 4.69) is 87.8 Å². The SMILES string of the molecule is CC(C)(C)OC(=O)n1cnc(/C=C2/CN(C(c3ccccc3)(c3ccccc3)c3ccccc3)CCC2O)n1. The van der Waals surface area contributed by atoms with E-state index in [0.717, 1.165) is 26.9 Å². The quantitative estimate of drug-likeness (QED) is 0.349. The molecule has 1 aromatic heterocycles. The van der Waals surface area contributed by atoms with Gasteiger partial charge < -0.3 is 9.84 Å². The summed E-state index contributed by atoms with van der Waals surface area (Å²) in [6.45, 7) is 6.57. The number of hydrogen-bond donors (Lipinski definition) is 1. The Morgan fingerprint density at radius 2 is 1.41 bits per heavy atom. The molecule has 0 saturated carbocycles. The molecule has 39 heavy (non-hydrogen) atoms. The van der Waals surface area contributed by atoms with Gasteiger partial charge in [-0.1, -0.05) is 91.0 Å². The highest BCUT2D eigenvalue weighted by Gasteiger charge is 2.44. The highest BCUT2D eigenvalue weighted by molar-refractivity contribution is 5.69. The summed E-state index contributed by atoms with van der Waals surface area (Å²) < 4.78 is 6.49. The molecule has 5 rings (SSSR count). The number of nitrogens with zero attached hydrogens (tertiary/aromatic N) is 4. The first kappa shape index (κ1) is 26.5. The maximum absolute atomic E-state index is 12.4. The van der Waals surface area contributed by atoms with Crippen LogP contribution >= 0.6 is 0 Å². The molecular weight excluding hydrogens is 488 g/mol. The van der Waals surface area contributed by atoms with Crippen LogP contribution in [0.1, 0.15) is 49.7 Å². The minimum Gasteiger partial charge on any atom is -0.442 e. The number of aliphatic hydroxyl groups is 1. The predicted octanol–water partition coefficient (Wildman–Crippen LogP) is 5.50. The Morgan fingerprint density at radius 1 is 0.897 bits per heavy atom. The number of aromatic nitrogens is 3. The molecule has 7 heteroatoms. The van der Waals surface area contributed by atoms with Gasteiger partial charge in [-0.15, -0.1) is 5.10 Å². The summed E-state index contributed by atoms with van der Waals surface area (Å²) in [7, 11) is 0. The van der Waals surface area contributed by atoms with E-state index in [1.54, 1.807) is 26.8 Å². The van der Waals surface area contributed by atoms with Gasteiger partial charge in [-0.2, -0.15) is 4.68 Å². The maximum atomic E-state index is 12.4. The lowest BCUT2D eigenvalue weighted by Gasteiger charge is -2.48. The Balaban J connectivity index is 1.57. The number of piperidine rings is 1. The molecule has 1 saturated heterocycles. The Kier molecular flexibility index (Phi) is 7.46. The van der Waals surface area contributed by atoms with Gasteiger partial charge in [0.2, 0.25) is 0 Å². The van der Waals surface area contributed by atoms with Crippen molar-refractivity contribution in [1.82, 2.24) is 19.7 Å². The molecule has 1 atom stereocenters. The van der Waals surface area contributed by atoms with Crippen LogP contribution in [0.2, 0.25) is 0 Å². The zero-order chi connectivity index (χ0) is 27.5. The maximum Gasteiger partial charge on any atom is 0.436 e. The van der Waals surface area contributed by atoms with E-state index in [1.165, 1.54) is 6.33 Å². The van der Waals surface area contributed by atoms with Crippen molar-refractivity contribution in [3.05, 3.63) is 125 Å². The first-order valence-electron chi connectivity index (χ1n) is 13.2. The lowest BCUT2D eigenvalue weighted by molar-refractivity contribution is 0.0514. The average Bonchev–Trinajstić information content (AvgIpc) is 3.41. The van der Waals surface area contributed by atoms with Crippen molar-refractivity contribution in [1.29, 1.82) is 0 Å².